The molecule has 0 aliphatic carbocycles. The number of hydrogen-bond acceptors (Lipinski definition) is 4. The zero-order valence-corrected chi connectivity index (χ0v) is 17.5. The first-order valence-electron chi connectivity index (χ1n) is 8.65. The maximum Gasteiger partial charge on any atom is 0.293 e. The fourth-order valence-corrected chi connectivity index (χ4v) is 3.81. The van der Waals surface area contributed by atoms with Gasteiger partial charge in [0.05, 0.1) is 18.1 Å². The molecule has 1 fully saturated rings. The van der Waals surface area contributed by atoms with E-state index in [2.05, 4.69) is 29.8 Å². The number of ether oxygens (including phenoxy) is 1. The summed E-state index contributed by atoms with van der Waals surface area (Å²) < 4.78 is 6.58. The Morgan fingerprint density at radius 1 is 1.15 bits per heavy atom. The highest BCUT2D eigenvalue weighted by Crippen LogP contribution is 2.33. The van der Waals surface area contributed by atoms with Gasteiger partial charge in [-0.25, -0.2) is 0 Å². The van der Waals surface area contributed by atoms with Gasteiger partial charge in [-0.2, -0.15) is 0 Å². The topological polar surface area (TPSA) is 46.6 Å². The van der Waals surface area contributed by atoms with Crippen molar-refractivity contribution in [1.82, 2.24) is 4.90 Å². The van der Waals surface area contributed by atoms with E-state index in [4.69, 9.17) is 4.74 Å². The third-order valence-corrected chi connectivity index (χ3v) is 5.27. The van der Waals surface area contributed by atoms with Gasteiger partial charge in [0.15, 0.2) is 0 Å². The number of nitrogens with zero attached hydrogens (tertiary/aromatic N) is 1. The van der Waals surface area contributed by atoms with E-state index in [1.807, 2.05) is 48.5 Å². The van der Waals surface area contributed by atoms with Crippen LogP contribution in [-0.4, -0.2) is 22.7 Å². The van der Waals surface area contributed by atoms with E-state index in [-0.39, 0.29) is 17.7 Å². The van der Waals surface area contributed by atoms with E-state index in [1.54, 1.807) is 6.08 Å². The lowest BCUT2D eigenvalue weighted by molar-refractivity contribution is -0.123. The van der Waals surface area contributed by atoms with Crippen molar-refractivity contribution in [2.24, 2.45) is 5.92 Å². The van der Waals surface area contributed by atoms with E-state index in [0.717, 1.165) is 33.1 Å². The van der Waals surface area contributed by atoms with Crippen molar-refractivity contribution in [3.63, 3.8) is 0 Å². The molecule has 0 saturated carbocycles. The summed E-state index contributed by atoms with van der Waals surface area (Å²) in [4.78, 5) is 26.6. The molecule has 0 unspecified atom stereocenters. The van der Waals surface area contributed by atoms with E-state index in [1.165, 1.54) is 4.90 Å². The Morgan fingerprint density at radius 2 is 1.89 bits per heavy atom. The lowest BCUT2D eigenvalue weighted by Gasteiger charge is -2.12. The van der Waals surface area contributed by atoms with Crippen LogP contribution < -0.4 is 4.74 Å². The van der Waals surface area contributed by atoms with E-state index in [9.17, 15) is 9.59 Å². The van der Waals surface area contributed by atoms with Crippen LogP contribution in [0.2, 0.25) is 0 Å². The number of benzene rings is 2. The van der Waals surface area contributed by atoms with Gasteiger partial charge in [-0.3, -0.25) is 14.5 Å². The Labute approximate surface area is 171 Å². The predicted octanol–water partition coefficient (Wildman–Crippen LogP) is 5.72. The van der Waals surface area contributed by atoms with Crippen LogP contribution in [-0.2, 0) is 11.3 Å². The molecule has 2 amide bonds. The Kier molecular flexibility index (Phi) is 6.39. The van der Waals surface area contributed by atoms with E-state index >= 15 is 0 Å². The first kappa shape index (κ1) is 19.7. The lowest BCUT2D eigenvalue weighted by Crippen LogP contribution is -2.27. The molecule has 2 aromatic rings. The first-order chi connectivity index (χ1) is 12.9. The van der Waals surface area contributed by atoms with Gasteiger partial charge >= 0.3 is 0 Å². The fourth-order valence-electron chi connectivity index (χ4n) is 2.53. The van der Waals surface area contributed by atoms with E-state index < -0.39 is 0 Å². The molecule has 0 bridgehead atoms. The van der Waals surface area contributed by atoms with Crippen molar-refractivity contribution < 1.29 is 14.3 Å². The molecular formula is C21H20BrNO3S. The lowest BCUT2D eigenvalue weighted by atomic mass is 10.2. The van der Waals surface area contributed by atoms with Gasteiger partial charge in [-0.05, 0) is 59.1 Å². The van der Waals surface area contributed by atoms with Crippen LogP contribution in [0.5, 0.6) is 5.75 Å². The normalized spacial score (nSPS) is 15.9. The average Bonchev–Trinajstić information content (AvgIpc) is 2.89. The molecule has 0 radical (unpaired) electrons. The third kappa shape index (κ3) is 5.23. The summed E-state index contributed by atoms with van der Waals surface area (Å²) in [5, 5.41) is -0.247. The highest BCUT2D eigenvalue weighted by Gasteiger charge is 2.34. The molecule has 1 aliphatic rings. The van der Waals surface area contributed by atoms with Crippen molar-refractivity contribution in [3.05, 3.63) is 69.0 Å². The van der Waals surface area contributed by atoms with Gasteiger partial charge in [0.25, 0.3) is 11.1 Å². The molecule has 6 heteroatoms. The van der Waals surface area contributed by atoms with Crippen molar-refractivity contribution in [3.8, 4) is 5.75 Å². The second kappa shape index (κ2) is 8.76. The zero-order chi connectivity index (χ0) is 19.4. The van der Waals surface area contributed by atoms with Crippen LogP contribution in [0.15, 0.2) is 57.9 Å². The van der Waals surface area contributed by atoms with Crippen LogP contribution in [0.3, 0.4) is 0 Å². The summed E-state index contributed by atoms with van der Waals surface area (Å²) >= 11 is 4.38. The summed E-state index contributed by atoms with van der Waals surface area (Å²) in [6.45, 7) is 5.12. The van der Waals surface area contributed by atoms with Crippen LogP contribution in [0.1, 0.15) is 25.0 Å². The number of rotatable bonds is 6. The van der Waals surface area contributed by atoms with Gasteiger partial charge in [0, 0.05) is 4.47 Å². The summed E-state index contributed by atoms with van der Waals surface area (Å²) in [6.07, 6.45) is 1.75. The largest absolute Gasteiger partial charge is 0.493 e. The second-order valence-electron chi connectivity index (χ2n) is 6.67. The average molecular weight is 446 g/mol. The van der Waals surface area contributed by atoms with Crippen molar-refractivity contribution in [2.75, 3.05) is 6.61 Å². The van der Waals surface area contributed by atoms with Gasteiger partial charge in [0.2, 0.25) is 0 Å². The third-order valence-electron chi connectivity index (χ3n) is 3.86. The Bertz CT molecular complexity index is 877. The molecule has 140 valence electrons. The first-order valence-corrected chi connectivity index (χ1v) is 10.3. The maximum absolute atomic E-state index is 12.6. The number of imide groups is 1. The number of thioether (sulfide) groups is 1. The minimum absolute atomic E-state index is 0.247. The number of halogens is 1. The molecule has 0 atom stereocenters. The van der Waals surface area contributed by atoms with Gasteiger partial charge in [-0.1, -0.05) is 54.0 Å². The Hall–Kier alpha value is -2.05. The highest BCUT2D eigenvalue weighted by molar-refractivity contribution is 9.10. The van der Waals surface area contributed by atoms with Crippen molar-refractivity contribution in [1.29, 1.82) is 0 Å². The molecule has 1 aliphatic heterocycles. The van der Waals surface area contributed by atoms with Crippen LogP contribution in [0.25, 0.3) is 6.08 Å². The predicted molar refractivity (Wildman–Crippen MR) is 112 cm³/mol. The molecule has 0 spiro atoms. The molecule has 4 nitrogen and oxygen atoms in total. The van der Waals surface area contributed by atoms with Crippen LogP contribution in [0.4, 0.5) is 4.79 Å². The van der Waals surface area contributed by atoms with Crippen LogP contribution in [0, 0.1) is 5.92 Å². The molecule has 1 heterocycles. The SMILES string of the molecule is CC(C)COc1ccc(/C=C2\SC(=O)N(Cc3cccc(Br)c3)C2=O)cc1. The molecular weight excluding hydrogens is 426 g/mol. The maximum atomic E-state index is 12.6. The Morgan fingerprint density at radius 3 is 2.56 bits per heavy atom. The number of carbonyl (C=O) groups excluding carboxylic acids is 2. The smallest absolute Gasteiger partial charge is 0.293 e. The van der Waals surface area contributed by atoms with Crippen molar-refractivity contribution >= 4 is 44.9 Å². The quantitative estimate of drug-likeness (QED) is 0.533. The van der Waals surface area contributed by atoms with Crippen LogP contribution >= 0.6 is 27.7 Å². The fraction of sp³-hybridized carbons (Fsp3) is 0.238. The summed E-state index contributed by atoms with van der Waals surface area (Å²) in [5.41, 5.74) is 1.76. The minimum Gasteiger partial charge on any atom is -0.493 e. The monoisotopic (exact) mass is 445 g/mol. The molecule has 2 aromatic carbocycles. The van der Waals surface area contributed by atoms with Crippen molar-refractivity contribution in [2.45, 2.75) is 20.4 Å². The number of hydrogen-bond donors (Lipinski definition) is 0. The second-order valence-corrected chi connectivity index (χ2v) is 8.58. The van der Waals surface area contributed by atoms with E-state index in [0.29, 0.717) is 17.4 Å². The molecule has 27 heavy (non-hydrogen) atoms. The van der Waals surface area contributed by atoms with Gasteiger partial charge in [-0.15, -0.1) is 0 Å². The molecule has 1 saturated heterocycles. The minimum atomic E-state index is -0.259. The number of amides is 2. The Balaban J connectivity index is 1.70. The molecule has 0 aromatic heterocycles. The summed E-state index contributed by atoms with van der Waals surface area (Å²) in [7, 11) is 0. The number of carbonyl (C=O) groups is 2. The molecule has 0 N–H and O–H groups in total. The molecule has 3 rings (SSSR count). The highest BCUT2D eigenvalue weighted by atomic mass is 79.9. The van der Waals surface area contributed by atoms with Gasteiger partial charge in [0.1, 0.15) is 5.75 Å². The standard InChI is InChI=1S/C21H20BrNO3S/c1-14(2)13-26-18-8-6-15(7-9-18)11-19-20(24)23(21(25)27-19)12-16-4-3-5-17(22)10-16/h3-11,14H,12-13H2,1-2H3/b19-11-. The zero-order valence-electron chi connectivity index (χ0n) is 15.1. The van der Waals surface area contributed by atoms with Gasteiger partial charge < -0.3 is 4.74 Å². The summed E-state index contributed by atoms with van der Waals surface area (Å²) in [6, 6.07) is 15.1. The summed E-state index contributed by atoms with van der Waals surface area (Å²) in [5.74, 6) is 0.996.